The number of hydrogen-bond donors (Lipinski definition) is 2. The minimum Gasteiger partial charge on any atom is -0.345 e. The molecule has 1 saturated heterocycles. The number of rotatable bonds is 7. The second-order valence-corrected chi connectivity index (χ2v) is 7.40. The molecule has 26 heavy (non-hydrogen) atoms. The van der Waals surface area contributed by atoms with Crippen LogP contribution in [0, 0.1) is 5.92 Å². The van der Waals surface area contributed by atoms with E-state index in [4.69, 9.17) is 11.6 Å². The molecular formula is C19H26ClN3O3. The maximum atomic E-state index is 12.5. The van der Waals surface area contributed by atoms with Crippen LogP contribution in [0.5, 0.6) is 0 Å². The molecule has 1 aliphatic heterocycles. The highest BCUT2D eigenvalue weighted by Gasteiger charge is 2.24. The minimum absolute atomic E-state index is 0.0375. The van der Waals surface area contributed by atoms with Crippen molar-refractivity contribution in [2.24, 2.45) is 5.92 Å². The predicted octanol–water partition coefficient (Wildman–Crippen LogP) is 2.22. The topological polar surface area (TPSA) is 78.5 Å². The Hall–Kier alpha value is -2.08. The first-order valence-corrected chi connectivity index (χ1v) is 9.36. The lowest BCUT2D eigenvalue weighted by molar-refractivity contribution is -0.132. The van der Waals surface area contributed by atoms with Gasteiger partial charge in [0, 0.05) is 23.7 Å². The molecule has 142 valence electrons. The molecule has 2 N–H and O–H groups in total. The van der Waals surface area contributed by atoms with Gasteiger partial charge in [0.2, 0.25) is 11.8 Å². The van der Waals surface area contributed by atoms with Crippen molar-refractivity contribution in [3.05, 3.63) is 34.9 Å². The van der Waals surface area contributed by atoms with Crippen LogP contribution in [0.3, 0.4) is 0 Å². The summed E-state index contributed by atoms with van der Waals surface area (Å²) in [4.78, 5) is 38.7. The van der Waals surface area contributed by atoms with E-state index in [0.29, 0.717) is 17.0 Å². The SMILES string of the molecule is CC(C)C[C@@H](NC(=O)c1ccc(Cl)cc1)C(=O)NCC(=O)N1CCCC1. The van der Waals surface area contributed by atoms with E-state index >= 15 is 0 Å². The molecule has 0 aromatic heterocycles. The number of nitrogens with one attached hydrogen (secondary N) is 2. The number of amides is 3. The van der Waals surface area contributed by atoms with Gasteiger partial charge in [-0.05, 0) is 49.4 Å². The molecular weight excluding hydrogens is 354 g/mol. The summed E-state index contributed by atoms with van der Waals surface area (Å²) >= 11 is 5.83. The highest BCUT2D eigenvalue weighted by molar-refractivity contribution is 6.30. The van der Waals surface area contributed by atoms with E-state index in [9.17, 15) is 14.4 Å². The molecule has 1 aliphatic rings. The van der Waals surface area contributed by atoms with Crippen molar-refractivity contribution in [2.75, 3.05) is 19.6 Å². The Labute approximate surface area is 159 Å². The number of benzene rings is 1. The van der Waals surface area contributed by atoms with Gasteiger partial charge < -0.3 is 15.5 Å². The molecule has 0 aliphatic carbocycles. The van der Waals surface area contributed by atoms with Crippen LogP contribution >= 0.6 is 11.6 Å². The van der Waals surface area contributed by atoms with Crippen LogP contribution in [-0.2, 0) is 9.59 Å². The third kappa shape index (κ3) is 6.02. The number of hydrogen-bond acceptors (Lipinski definition) is 3. The van der Waals surface area contributed by atoms with Crippen LogP contribution in [0.25, 0.3) is 0 Å². The zero-order chi connectivity index (χ0) is 19.1. The quantitative estimate of drug-likeness (QED) is 0.762. The molecule has 0 bridgehead atoms. The van der Waals surface area contributed by atoms with Crippen molar-refractivity contribution in [1.29, 1.82) is 0 Å². The van der Waals surface area contributed by atoms with E-state index in [2.05, 4.69) is 10.6 Å². The molecule has 1 aromatic carbocycles. The molecule has 0 unspecified atom stereocenters. The molecule has 1 heterocycles. The van der Waals surface area contributed by atoms with E-state index in [1.165, 1.54) is 0 Å². The second kappa shape index (κ2) is 9.57. The van der Waals surface area contributed by atoms with E-state index in [1.807, 2.05) is 13.8 Å². The normalized spacial score (nSPS) is 15.0. The first kappa shape index (κ1) is 20.2. The zero-order valence-corrected chi connectivity index (χ0v) is 16.0. The van der Waals surface area contributed by atoms with Crippen LogP contribution in [0.2, 0.25) is 5.02 Å². The van der Waals surface area contributed by atoms with Crippen LogP contribution < -0.4 is 10.6 Å². The molecule has 0 radical (unpaired) electrons. The van der Waals surface area contributed by atoms with E-state index in [0.717, 1.165) is 25.9 Å². The number of carbonyl (C=O) groups excluding carboxylic acids is 3. The molecule has 3 amide bonds. The van der Waals surface area contributed by atoms with Gasteiger partial charge in [-0.2, -0.15) is 0 Å². The third-order valence-electron chi connectivity index (χ3n) is 4.31. The van der Waals surface area contributed by atoms with Gasteiger partial charge in [-0.15, -0.1) is 0 Å². The Morgan fingerprint density at radius 3 is 2.31 bits per heavy atom. The van der Waals surface area contributed by atoms with Gasteiger partial charge in [0.15, 0.2) is 0 Å². The monoisotopic (exact) mass is 379 g/mol. The Kier molecular flexibility index (Phi) is 7.45. The van der Waals surface area contributed by atoms with Crippen molar-refractivity contribution in [1.82, 2.24) is 15.5 Å². The summed E-state index contributed by atoms with van der Waals surface area (Å²) in [5.74, 6) is -0.546. The van der Waals surface area contributed by atoms with Gasteiger partial charge in [-0.3, -0.25) is 14.4 Å². The van der Waals surface area contributed by atoms with Crippen LogP contribution in [0.4, 0.5) is 0 Å². The summed E-state index contributed by atoms with van der Waals surface area (Å²) in [5.41, 5.74) is 0.434. The van der Waals surface area contributed by atoms with Gasteiger partial charge in [0.25, 0.3) is 5.91 Å². The summed E-state index contributed by atoms with van der Waals surface area (Å²) in [5, 5.41) is 5.96. The number of halogens is 1. The third-order valence-corrected chi connectivity index (χ3v) is 4.56. The molecule has 0 saturated carbocycles. The fourth-order valence-corrected chi connectivity index (χ4v) is 3.04. The Morgan fingerprint density at radius 2 is 1.73 bits per heavy atom. The fourth-order valence-electron chi connectivity index (χ4n) is 2.91. The molecule has 0 spiro atoms. The van der Waals surface area contributed by atoms with Crippen molar-refractivity contribution in [2.45, 2.75) is 39.2 Å². The molecule has 1 fully saturated rings. The van der Waals surface area contributed by atoms with Crippen LogP contribution in [0.1, 0.15) is 43.5 Å². The lowest BCUT2D eigenvalue weighted by atomic mass is 10.0. The minimum atomic E-state index is -0.690. The van der Waals surface area contributed by atoms with Gasteiger partial charge in [-0.1, -0.05) is 25.4 Å². The standard InChI is InChI=1S/C19H26ClN3O3/c1-13(2)11-16(22-18(25)14-5-7-15(20)8-6-14)19(26)21-12-17(24)23-9-3-4-10-23/h5-8,13,16H,3-4,9-12H2,1-2H3,(H,21,26)(H,22,25)/t16-/m1/s1. The van der Waals surface area contributed by atoms with Crippen LogP contribution in [-0.4, -0.2) is 48.3 Å². The average molecular weight is 380 g/mol. The smallest absolute Gasteiger partial charge is 0.251 e. The van der Waals surface area contributed by atoms with Crippen molar-refractivity contribution >= 4 is 29.3 Å². The zero-order valence-electron chi connectivity index (χ0n) is 15.3. The first-order chi connectivity index (χ1) is 12.4. The first-order valence-electron chi connectivity index (χ1n) is 8.98. The van der Waals surface area contributed by atoms with Crippen molar-refractivity contribution in [3.63, 3.8) is 0 Å². The summed E-state index contributed by atoms with van der Waals surface area (Å²) in [6.07, 6.45) is 2.50. The number of nitrogens with zero attached hydrogens (tertiary/aromatic N) is 1. The second-order valence-electron chi connectivity index (χ2n) is 6.97. The van der Waals surface area contributed by atoms with Gasteiger partial charge in [-0.25, -0.2) is 0 Å². The van der Waals surface area contributed by atoms with Gasteiger partial charge in [0.1, 0.15) is 6.04 Å². The Morgan fingerprint density at radius 1 is 1.12 bits per heavy atom. The molecule has 1 aromatic rings. The molecule has 1 atom stereocenters. The van der Waals surface area contributed by atoms with Gasteiger partial charge in [0.05, 0.1) is 6.54 Å². The average Bonchev–Trinajstić information content (AvgIpc) is 3.13. The molecule has 2 rings (SSSR count). The summed E-state index contributed by atoms with van der Waals surface area (Å²) < 4.78 is 0. The van der Waals surface area contributed by atoms with Crippen molar-refractivity contribution < 1.29 is 14.4 Å². The van der Waals surface area contributed by atoms with E-state index < -0.39 is 6.04 Å². The number of likely N-dealkylation sites (tertiary alicyclic amines) is 1. The van der Waals surface area contributed by atoms with Gasteiger partial charge >= 0.3 is 0 Å². The Balaban J connectivity index is 1.94. The Bertz CT molecular complexity index is 640. The lowest BCUT2D eigenvalue weighted by Crippen LogP contribution is -2.49. The van der Waals surface area contributed by atoms with Crippen LogP contribution in [0.15, 0.2) is 24.3 Å². The van der Waals surface area contributed by atoms with E-state index in [1.54, 1.807) is 29.2 Å². The summed E-state index contributed by atoms with van der Waals surface area (Å²) in [7, 11) is 0. The largest absolute Gasteiger partial charge is 0.345 e. The van der Waals surface area contributed by atoms with E-state index in [-0.39, 0.29) is 30.2 Å². The summed E-state index contributed by atoms with van der Waals surface area (Å²) in [6, 6.07) is 5.79. The predicted molar refractivity (Wildman–Crippen MR) is 101 cm³/mol. The molecule has 6 nitrogen and oxygen atoms in total. The maximum Gasteiger partial charge on any atom is 0.251 e. The summed E-state index contributed by atoms with van der Waals surface area (Å²) in [6.45, 7) is 5.41. The fraction of sp³-hybridized carbons (Fsp3) is 0.526. The van der Waals surface area contributed by atoms with Crippen molar-refractivity contribution in [3.8, 4) is 0 Å². The maximum absolute atomic E-state index is 12.5. The number of carbonyl (C=O) groups is 3. The molecule has 7 heteroatoms. The highest BCUT2D eigenvalue weighted by atomic mass is 35.5. The lowest BCUT2D eigenvalue weighted by Gasteiger charge is -2.21. The highest BCUT2D eigenvalue weighted by Crippen LogP contribution is 2.11.